The van der Waals surface area contributed by atoms with Crippen molar-refractivity contribution in [2.75, 3.05) is 6.61 Å². The fourth-order valence-electron chi connectivity index (χ4n) is 1.76. The number of non-ortho nitro benzene ring substituents is 1. The number of carbonyl (C=O) groups is 2. The average Bonchev–Trinajstić information content (AvgIpc) is 2.82. The lowest BCUT2D eigenvalue weighted by Gasteiger charge is -2.05. The lowest BCUT2D eigenvalue weighted by atomic mass is 10.2. The molecule has 1 amide bonds. The van der Waals surface area contributed by atoms with Gasteiger partial charge in [0, 0.05) is 24.6 Å². The monoisotopic (exact) mass is 276 g/mol. The molecule has 0 spiro atoms. The molecule has 1 aliphatic heterocycles. The van der Waals surface area contributed by atoms with E-state index in [1.165, 1.54) is 30.4 Å². The first-order valence-electron chi connectivity index (χ1n) is 5.96. The van der Waals surface area contributed by atoms with E-state index < -0.39 is 22.8 Å². The van der Waals surface area contributed by atoms with Crippen molar-refractivity contribution in [3.63, 3.8) is 0 Å². The van der Waals surface area contributed by atoms with Crippen LogP contribution in [0.5, 0.6) is 0 Å². The zero-order valence-electron chi connectivity index (χ0n) is 10.4. The number of ether oxygens (including phenoxy) is 1. The van der Waals surface area contributed by atoms with Crippen LogP contribution in [0.3, 0.4) is 0 Å². The van der Waals surface area contributed by atoms with Crippen molar-refractivity contribution in [3.8, 4) is 0 Å². The van der Waals surface area contributed by atoms with Gasteiger partial charge in [0.05, 0.1) is 11.5 Å². The number of rotatable bonds is 4. The summed E-state index contributed by atoms with van der Waals surface area (Å²) < 4.78 is 4.72. The maximum Gasteiger partial charge on any atom is 0.328 e. The van der Waals surface area contributed by atoms with Gasteiger partial charge in [0.25, 0.3) is 5.69 Å². The summed E-state index contributed by atoms with van der Waals surface area (Å²) in [6, 6.07) is 5.28. The number of benzene rings is 1. The highest BCUT2D eigenvalue weighted by molar-refractivity contribution is 5.94. The van der Waals surface area contributed by atoms with Gasteiger partial charge < -0.3 is 10.1 Å². The number of nitro groups is 1. The Morgan fingerprint density at radius 1 is 1.50 bits per heavy atom. The maximum atomic E-state index is 11.6. The van der Waals surface area contributed by atoms with Gasteiger partial charge in [-0.3, -0.25) is 14.9 Å². The molecule has 0 saturated carbocycles. The van der Waals surface area contributed by atoms with E-state index in [0.717, 1.165) is 0 Å². The van der Waals surface area contributed by atoms with Crippen molar-refractivity contribution in [1.29, 1.82) is 0 Å². The Hall–Kier alpha value is -2.70. The molecule has 1 heterocycles. The van der Waals surface area contributed by atoms with Crippen LogP contribution in [0.4, 0.5) is 5.69 Å². The molecular formula is C13H12N2O5. The minimum absolute atomic E-state index is 0.0491. The Bertz CT molecular complexity index is 582. The highest BCUT2D eigenvalue weighted by atomic mass is 16.6. The summed E-state index contributed by atoms with van der Waals surface area (Å²) >= 11 is 0. The molecule has 20 heavy (non-hydrogen) atoms. The SMILES string of the molecule is O=C(/C=C/c1cccc([N+](=O)[O-])c1)N[C@H]1CCOC1=O. The minimum Gasteiger partial charge on any atom is -0.464 e. The third-order valence-corrected chi connectivity index (χ3v) is 2.76. The summed E-state index contributed by atoms with van der Waals surface area (Å²) in [7, 11) is 0. The Morgan fingerprint density at radius 3 is 2.95 bits per heavy atom. The number of nitrogens with zero attached hydrogens (tertiary/aromatic N) is 1. The summed E-state index contributed by atoms with van der Waals surface area (Å²) in [4.78, 5) is 32.9. The molecule has 7 heteroatoms. The van der Waals surface area contributed by atoms with Crippen molar-refractivity contribution in [2.24, 2.45) is 0 Å². The van der Waals surface area contributed by atoms with Crippen molar-refractivity contribution in [1.82, 2.24) is 5.32 Å². The standard InChI is InChI=1S/C13H12N2O5/c16-12(14-11-6-7-20-13(11)17)5-4-9-2-1-3-10(8-9)15(18)19/h1-5,8,11H,6-7H2,(H,14,16)/b5-4+/t11-/m0/s1. The minimum atomic E-state index is -0.614. The summed E-state index contributed by atoms with van der Waals surface area (Å²) in [6.45, 7) is 0.304. The van der Waals surface area contributed by atoms with E-state index in [1.54, 1.807) is 6.07 Å². The summed E-state index contributed by atoms with van der Waals surface area (Å²) in [5.41, 5.74) is 0.482. The zero-order valence-corrected chi connectivity index (χ0v) is 10.4. The largest absolute Gasteiger partial charge is 0.464 e. The van der Waals surface area contributed by atoms with Gasteiger partial charge in [-0.25, -0.2) is 4.79 Å². The Balaban J connectivity index is 1.98. The fourth-order valence-corrected chi connectivity index (χ4v) is 1.76. The van der Waals surface area contributed by atoms with Crippen molar-refractivity contribution in [2.45, 2.75) is 12.5 Å². The van der Waals surface area contributed by atoms with Gasteiger partial charge in [0.1, 0.15) is 6.04 Å². The van der Waals surface area contributed by atoms with Crippen molar-refractivity contribution in [3.05, 3.63) is 46.0 Å². The van der Waals surface area contributed by atoms with Gasteiger partial charge in [-0.2, -0.15) is 0 Å². The van der Waals surface area contributed by atoms with E-state index in [1.807, 2.05) is 0 Å². The number of hydrogen-bond acceptors (Lipinski definition) is 5. The van der Waals surface area contributed by atoms with E-state index >= 15 is 0 Å². The first-order valence-corrected chi connectivity index (χ1v) is 5.96. The first kappa shape index (κ1) is 13.7. The molecule has 1 fully saturated rings. The molecule has 1 aliphatic rings. The van der Waals surface area contributed by atoms with Crippen LogP contribution in [0.15, 0.2) is 30.3 Å². The molecule has 1 saturated heterocycles. The molecule has 1 aromatic carbocycles. The second-order valence-electron chi connectivity index (χ2n) is 4.20. The van der Waals surface area contributed by atoms with Crippen LogP contribution in [0.25, 0.3) is 6.08 Å². The molecule has 104 valence electrons. The molecule has 1 N–H and O–H groups in total. The number of nitro benzene ring substituents is 1. The van der Waals surface area contributed by atoms with Crippen LogP contribution >= 0.6 is 0 Å². The smallest absolute Gasteiger partial charge is 0.328 e. The molecule has 0 aromatic heterocycles. The lowest BCUT2D eigenvalue weighted by molar-refractivity contribution is -0.384. The topological polar surface area (TPSA) is 98.5 Å². The molecule has 0 aliphatic carbocycles. The highest BCUT2D eigenvalue weighted by Crippen LogP contribution is 2.14. The van der Waals surface area contributed by atoms with E-state index in [-0.39, 0.29) is 5.69 Å². The summed E-state index contributed by atoms with van der Waals surface area (Å²) in [6.07, 6.45) is 3.13. The van der Waals surface area contributed by atoms with Gasteiger partial charge in [0.2, 0.25) is 5.91 Å². The van der Waals surface area contributed by atoms with Gasteiger partial charge in [-0.15, -0.1) is 0 Å². The third kappa shape index (κ3) is 3.41. The van der Waals surface area contributed by atoms with Crippen LogP contribution in [0.1, 0.15) is 12.0 Å². The van der Waals surface area contributed by atoms with Crippen LogP contribution in [0, 0.1) is 10.1 Å². The Morgan fingerprint density at radius 2 is 2.30 bits per heavy atom. The van der Waals surface area contributed by atoms with Gasteiger partial charge in [-0.1, -0.05) is 12.1 Å². The molecule has 7 nitrogen and oxygen atoms in total. The predicted molar refractivity (Wildman–Crippen MR) is 69.6 cm³/mol. The molecule has 2 rings (SSSR count). The quantitative estimate of drug-likeness (QED) is 0.383. The van der Waals surface area contributed by atoms with Crippen molar-refractivity contribution < 1.29 is 19.2 Å². The van der Waals surface area contributed by atoms with Crippen LogP contribution in [-0.2, 0) is 14.3 Å². The fraction of sp³-hybridized carbons (Fsp3) is 0.231. The number of amides is 1. The second kappa shape index (κ2) is 5.96. The van der Waals surface area contributed by atoms with Gasteiger partial charge in [-0.05, 0) is 11.6 Å². The highest BCUT2D eigenvalue weighted by Gasteiger charge is 2.27. The average molecular weight is 276 g/mol. The van der Waals surface area contributed by atoms with Crippen LogP contribution in [-0.4, -0.2) is 29.4 Å². The normalized spacial score (nSPS) is 18.0. The number of hydrogen-bond donors (Lipinski definition) is 1. The van der Waals surface area contributed by atoms with Gasteiger partial charge in [0.15, 0.2) is 0 Å². The van der Waals surface area contributed by atoms with Gasteiger partial charge >= 0.3 is 5.97 Å². The molecular weight excluding hydrogens is 264 g/mol. The zero-order chi connectivity index (χ0) is 14.5. The molecule has 0 bridgehead atoms. The number of nitrogens with one attached hydrogen (secondary N) is 1. The number of esters is 1. The Labute approximate surface area is 114 Å². The van der Waals surface area contributed by atoms with E-state index in [4.69, 9.17) is 4.74 Å². The Kier molecular flexibility index (Phi) is 4.09. The van der Waals surface area contributed by atoms with Crippen LogP contribution < -0.4 is 5.32 Å². The molecule has 1 atom stereocenters. The van der Waals surface area contributed by atoms with Crippen molar-refractivity contribution >= 4 is 23.6 Å². The van der Waals surface area contributed by atoms with E-state index in [9.17, 15) is 19.7 Å². The van der Waals surface area contributed by atoms with Crippen LogP contribution in [0.2, 0.25) is 0 Å². The molecule has 0 unspecified atom stereocenters. The molecule has 0 radical (unpaired) electrons. The second-order valence-corrected chi connectivity index (χ2v) is 4.20. The maximum absolute atomic E-state index is 11.6. The third-order valence-electron chi connectivity index (χ3n) is 2.76. The lowest BCUT2D eigenvalue weighted by Crippen LogP contribution is -2.36. The molecule has 1 aromatic rings. The number of cyclic esters (lactones) is 1. The summed E-state index contributed by atoms with van der Waals surface area (Å²) in [5.74, 6) is -0.887. The summed E-state index contributed by atoms with van der Waals surface area (Å²) in [5, 5.41) is 13.1. The predicted octanol–water partition coefficient (Wildman–Crippen LogP) is 1.04. The van der Waals surface area contributed by atoms with E-state index in [2.05, 4.69) is 5.32 Å². The number of carbonyl (C=O) groups excluding carboxylic acids is 2. The van der Waals surface area contributed by atoms with E-state index in [0.29, 0.717) is 18.6 Å². The first-order chi connectivity index (χ1) is 9.56.